The van der Waals surface area contributed by atoms with Crippen molar-refractivity contribution < 1.29 is 17.6 Å². The van der Waals surface area contributed by atoms with Crippen molar-refractivity contribution in [2.24, 2.45) is 0 Å². The van der Waals surface area contributed by atoms with E-state index < -0.39 is 5.51 Å². The van der Waals surface area contributed by atoms with E-state index >= 15 is 0 Å². The minimum atomic E-state index is -4.33. The minimum Gasteiger partial charge on any atom is -0.430 e. The Labute approximate surface area is 95.0 Å². The summed E-state index contributed by atoms with van der Waals surface area (Å²) in [6.45, 7) is 0. The number of hydrogen-bond donors (Lipinski definition) is 0. The first kappa shape index (κ1) is 10.8. The molecule has 0 aliphatic rings. The molecule has 2 rings (SSSR count). The second-order valence-corrected chi connectivity index (χ2v) is 4.40. The number of rotatable bonds is 1. The van der Waals surface area contributed by atoms with Gasteiger partial charge in [0.25, 0.3) is 4.80 Å². The average Bonchev–Trinajstić information content (AvgIpc) is 2.43. The van der Waals surface area contributed by atoms with Crippen LogP contribution in [0.4, 0.5) is 13.2 Å². The molecule has 0 atom stereocenters. The molecule has 0 unspecified atom stereocenters. The molecule has 2 nitrogen and oxygen atoms in total. The predicted molar refractivity (Wildman–Crippen MR) is 53.6 cm³/mol. The number of benzene rings is 1. The minimum absolute atomic E-state index is 0.0122. The quantitative estimate of drug-likeness (QED) is 0.738. The Morgan fingerprint density at radius 2 is 2.07 bits per heavy atom. The highest BCUT2D eigenvalue weighted by atomic mass is 79.9. The number of halogens is 4. The van der Waals surface area contributed by atoms with E-state index in [9.17, 15) is 13.2 Å². The van der Waals surface area contributed by atoms with Crippen LogP contribution in [0.15, 0.2) is 32.3 Å². The van der Waals surface area contributed by atoms with Crippen LogP contribution in [0.2, 0.25) is 0 Å². The van der Waals surface area contributed by atoms with Crippen molar-refractivity contribution in [3.63, 3.8) is 0 Å². The van der Waals surface area contributed by atoms with Crippen LogP contribution in [0.25, 0.3) is 11.1 Å². The van der Waals surface area contributed by atoms with E-state index in [1.807, 2.05) is 0 Å². The van der Waals surface area contributed by atoms with Gasteiger partial charge in [0.2, 0.25) is 0 Å². The number of fused-ring (bicyclic) bond motifs is 1. The molecule has 0 aliphatic heterocycles. The number of oxazole rings is 1. The Hall–Kier alpha value is -0.690. The van der Waals surface area contributed by atoms with Crippen LogP contribution in [0.3, 0.4) is 0 Å². The Morgan fingerprint density at radius 3 is 2.73 bits per heavy atom. The normalized spacial score (nSPS) is 12.3. The topological polar surface area (TPSA) is 26.0 Å². The lowest BCUT2D eigenvalue weighted by molar-refractivity contribution is -0.0328. The van der Waals surface area contributed by atoms with Crippen molar-refractivity contribution in [1.82, 2.24) is 4.98 Å². The van der Waals surface area contributed by atoms with Gasteiger partial charge in [-0.15, -0.1) is 0 Å². The summed E-state index contributed by atoms with van der Waals surface area (Å²) in [6, 6.07) is 4.44. The van der Waals surface area contributed by atoms with E-state index in [0.29, 0.717) is 5.52 Å². The molecule has 1 aromatic carbocycles. The third kappa shape index (κ3) is 2.46. The molecule has 0 spiro atoms. The first-order chi connectivity index (χ1) is 6.96. The molecular formula is C8H3BrF3NOS. The zero-order valence-corrected chi connectivity index (χ0v) is 9.41. The fourth-order valence-corrected chi connectivity index (χ4v) is 2.09. The Morgan fingerprint density at radius 1 is 1.33 bits per heavy atom. The van der Waals surface area contributed by atoms with Crippen molar-refractivity contribution in [2.75, 3.05) is 0 Å². The van der Waals surface area contributed by atoms with Crippen LogP contribution in [-0.4, -0.2) is 10.5 Å². The summed E-state index contributed by atoms with van der Waals surface area (Å²) >= 11 is 2.76. The number of alkyl halides is 3. The molecule has 7 heteroatoms. The molecule has 1 heterocycles. The molecule has 0 N–H and O–H groups in total. The van der Waals surface area contributed by atoms with Gasteiger partial charge in [-0.1, -0.05) is 6.07 Å². The molecular weight excluding hydrogens is 295 g/mol. The lowest BCUT2D eigenvalue weighted by Gasteiger charge is -2.04. The summed E-state index contributed by atoms with van der Waals surface area (Å²) in [5, 5.41) is 0. The van der Waals surface area contributed by atoms with Gasteiger partial charge < -0.3 is 4.42 Å². The summed E-state index contributed by atoms with van der Waals surface area (Å²) in [5.41, 5.74) is -3.78. The van der Waals surface area contributed by atoms with E-state index in [0.717, 1.165) is 0 Å². The van der Waals surface area contributed by atoms with Gasteiger partial charge >= 0.3 is 5.51 Å². The van der Waals surface area contributed by atoms with Crippen molar-refractivity contribution in [3.05, 3.63) is 23.0 Å². The van der Waals surface area contributed by atoms with E-state index in [4.69, 9.17) is 4.42 Å². The maximum atomic E-state index is 12.2. The van der Waals surface area contributed by atoms with Gasteiger partial charge in [0.1, 0.15) is 5.52 Å². The maximum Gasteiger partial charge on any atom is 0.446 e. The van der Waals surface area contributed by atoms with E-state index in [1.54, 1.807) is 6.07 Å². The fraction of sp³-hybridized carbons (Fsp3) is 0.125. The SMILES string of the molecule is FC(F)(F)Sc1cccc2nc(Br)oc12. The second kappa shape index (κ2) is 3.71. The van der Waals surface area contributed by atoms with Gasteiger partial charge in [0.05, 0.1) is 4.90 Å². The lowest BCUT2D eigenvalue weighted by Crippen LogP contribution is -1.98. The summed E-state index contributed by atoms with van der Waals surface area (Å²) < 4.78 is 41.5. The predicted octanol–water partition coefficient (Wildman–Crippen LogP) is 4.20. The Bertz CT molecular complexity index is 496. The van der Waals surface area contributed by atoms with Gasteiger partial charge in [-0.3, -0.25) is 0 Å². The van der Waals surface area contributed by atoms with Crippen LogP contribution in [0.1, 0.15) is 0 Å². The van der Waals surface area contributed by atoms with Crippen LogP contribution in [0, 0.1) is 0 Å². The highest BCUT2D eigenvalue weighted by Crippen LogP contribution is 2.40. The highest BCUT2D eigenvalue weighted by Gasteiger charge is 2.30. The third-order valence-electron chi connectivity index (χ3n) is 1.58. The molecule has 0 saturated carbocycles. The second-order valence-electron chi connectivity index (χ2n) is 2.62. The number of aromatic nitrogens is 1. The molecule has 0 fully saturated rings. The number of para-hydroxylation sites is 1. The summed E-state index contributed by atoms with van der Waals surface area (Å²) in [6.07, 6.45) is 0. The zero-order chi connectivity index (χ0) is 11.1. The molecule has 0 saturated heterocycles. The van der Waals surface area contributed by atoms with Gasteiger partial charge in [0, 0.05) is 15.9 Å². The molecule has 0 amide bonds. The van der Waals surface area contributed by atoms with Gasteiger partial charge in [0.15, 0.2) is 5.58 Å². The smallest absolute Gasteiger partial charge is 0.430 e. The monoisotopic (exact) mass is 297 g/mol. The van der Waals surface area contributed by atoms with Crippen LogP contribution >= 0.6 is 27.7 Å². The molecule has 0 radical (unpaired) electrons. The molecule has 15 heavy (non-hydrogen) atoms. The third-order valence-corrected chi connectivity index (χ3v) is 2.69. The Balaban J connectivity index is 2.51. The molecule has 1 aromatic heterocycles. The number of nitrogens with zero attached hydrogens (tertiary/aromatic N) is 1. The summed E-state index contributed by atoms with van der Waals surface area (Å²) in [5.74, 6) is 0. The Kier molecular flexibility index (Phi) is 2.68. The number of thioether (sulfide) groups is 1. The van der Waals surface area contributed by atoms with Crippen molar-refractivity contribution in [1.29, 1.82) is 0 Å². The maximum absolute atomic E-state index is 12.2. The van der Waals surface area contributed by atoms with Crippen LogP contribution < -0.4 is 0 Å². The largest absolute Gasteiger partial charge is 0.446 e. The fourth-order valence-electron chi connectivity index (χ4n) is 1.10. The zero-order valence-electron chi connectivity index (χ0n) is 7.01. The van der Waals surface area contributed by atoms with Crippen molar-refractivity contribution in [2.45, 2.75) is 10.4 Å². The standard InChI is InChI=1S/C8H3BrF3NOS/c9-7-13-4-2-1-3-5(6(4)14-7)15-8(10,11)12/h1-3H. The van der Waals surface area contributed by atoms with Crippen LogP contribution in [-0.2, 0) is 0 Å². The van der Waals surface area contributed by atoms with Gasteiger partial charge in [-0.25, -0.2) is 4.98 Å². The molecule has 80 valence electrons. The molecule has 0 bridgehead atoms. The van der Waals surface area contributed by atoms with Crippen LogP contribution in [0.5, 0.6) is 0 Å². The molecule has 2 aromatic rings. The van der Waals surface area contributed by atoms with E-state index in [-0.39, 0.29) is 27.0 Å². The first-order valence-corrected chi connectivity index (χ1v) is 5.37. The van der Waals surface area contributed by atoms with Crippen molar-refractivity contribution in [3.8, 4) is 0 Å². The van der Waals surface area contributed by atoms with Gasteiger partial charge in [-0.05, 0) is 23.9 Å². The lowest BCUT2D eigenvalue weighted by atomic mass is 10.3. The van der Waals surface area contributed by atoms with Gasteiger partial charge in [-0.2, -0.15) is 13.2 Å². The van der Waals surface area contributed by atoms with E-state index in [1.165, 1.54) is 12.1 Å². The summed E-state index contributed by atoms with van der Waals surface area (Å²) in [7, 11) is 0. The van der Waals surface area contributed by atoms with Crippen molar-refractivity contribution >= 4 is 38.8 Å². The first-order valence-electron chi connectivity index (χ1n) is 3.76. The number of hydrogen-bond acceptors (Lipinski definition) is 3. The average molecular weight is 298 g/mol. The highest BCUT2D eigenvalue weighted by molar-refractivity contribution is 9.10. The summed E-state index contributed by atoms with van der Waals surface area (Å²) in [4.78, 5) is 4.06. The van der Waals surface area contributed by atoms with E-state index in [2.05, 4.69) is 20.9 Å². The molecule has 0 aliphatic carbocycles.